The number of Topliss-reactive ketones (excluding diaryl/α,β-unsaturated/α-hetero) is 1. The van der Waals surface area contributed by atoms with Crippen LogP contribution in [0.5, 0.6) is 0 Å². The number of hydrogen-bond acceptors (Lipinski definition) is 3. The van der Waals surface area contributed by atoms with Crippen LogP contribution in [-0.4, -0.2) is 42.8 Å². The average molecular weight is 499 g/mol. The maximum Gasteiger partial charge on any atom is 0.416 e. The first-order valence-electron chi connectivity index (χ1n) is 11.7. The van der Waals surface area contributed by atoms with E-state index < -0.39 is 11.7 Å². The lowest BCUT2D eigenvalue weighted by molar-refractivity contribution is -0.137. The number of alkyl halides is 3. The first kappa shape index (κ1) is 25.4. The lowest BCUT2D eigenvalue weighted by atomic mass is 10.0. The van der Waals surface area contributed by atoms with Crippen LogP contribution in [0, 0.1) is 5.82 Å². The Hall–Kier alpha value is -3.68. The number of ketones is 1. The van der Waals surface area contributed by atoms with Crippen molar-refractivity contribution >= 4 is 17.4 Å². The van der Waals surface area contributed by atoms with Crippen molar-refractivity contribution in [3.05, 3.63) is 101 Å². The minimum absolute atomic E-state index is 0.0101. The summed E-state index contributed by atoms with van der Waals surface area (Å²) in [4.78, 5) is 29.0. The van der Waals surface area contributed by atoms with Crippen molar-refractivity contribution < 1.29 is 27.2 Å². The fraction of sp³-hybridized carbons (Fsp3) is 0.286. The molecule has 0 aromatic heterocycles. The van der Waals surface area contributed by atoms with Gasteiger partial charge in [0.1, 0.15) is 11.6 Å². The Balaban J connectivity index is 1.26. The highest BCUT2D eigenvalue weighted by atomic mass is 19.4. The highest BCUT2D eigenvalue weighted by molar-refractivity contribution is 5.83. The zero-order chi connectivity index (χ0) is 25.7. The molecule has 1 heterocycles. The van der Waals surface area contributed by atoms with E-state index in [2.05, 4.69) is 4.90 Å². The zero-order valence-electron chi connectivity index (χ0n) is 19.6. The third-order valence-electron chi connectivity index (χ3n) is 6.26. The molecule has 0 bridgehead atoms. The van der Waals surface area contributed by atoms with Crippen LogP contribution in [0.3, 0.4) is 0 Å². The van der Waals surface area contributed by atoms with Crippen molar-refractivity contribution in [2.24, 2.45) is 0 Å². The van der Waals surface area contributed by atoms with Gasteiger partial charge in [0.15, 0.2) is 0 Å². The SMILES string of the molecule is O=C(Cc1ccc(N2CCN(C(=O)Cc3ccc(F)cc3)CC2)cc1)Cc1cccc(C(F)(F)F)c1. The number of rotatable bonds is 7. The molecular formula is C28H26F4N2O2. The Morgan fingerprint density at radius 1 is 0.722 bits per heavy atom. The normalized spacial score (nSPS) is 14.1. The summed E-state index contributed by atoms with van der Waals surface area (Å²) in [6.45, 7) is 2.50. The number of carbonyl (C=O) groups is 2. The summed E-state index contributed by atoms with van der Waals surface area (Å²) in [6.07, 6.45) is -4.11. The summed E-state index contributed by atoms with van der Waals surface area (Å²) < 4.78 is 51.7. The molecule has 0 unspecified atom stereocenters. The molecule has 0 radical (unpaired) electrons. The fourth-order valence-electron chi connectivity index (χ4n) is 4.30. The molecule has 0 aliphatic carbocycles. The Bertz CT molecular complexity index is 1200. The summed E-state index contributed by atoms with van der Waals surface area (Å²) in [5, 5.41) is 0. The number of hydrogen-bond donors (Lipinski definition) is 0. The number of carbonyl (C=O) groups excluding carboxylic acids is 2. The van der Waals surface area contributed by atoms with Gasteiger partial charge < -0.3 is 9.80 Å². The Morgan fingerprint density at radius 3 is 1.94 bits per heavy atom. The van der Waals surface area contributed by atoms with Crippen LogP contribution < -0.4 is 4.90 Å². The lowest BCUT2D eigenvalue weighted by Gasteiger charge is -2.36. The Morgan fingerprint density at radius 2 is 1.31 bits per heavy atom. The molecule has 4 rings (SSSR count). The van der Waals surface area contributed by atoms with Gasteiger partial charge in [-0.2, -0.15) is 13.2 Å². The molecule has 3 aromatic rings. The van der Waals surface area contributed by atoms with Crippen molar-refractivity contribution in [1.29, 1.82) is 0 Å². The molecule has 3 aromatic carbocycles. The average Bonchev–Trinajstić information content (AvgIpc) is 2.85. The number of halogens is 4. The predicted octanol–water partition coefficient (Wildman–Crippen LogP) is 5.09. The standard InChI is InChI=1S/C28H26F4N2O2/c29-24-8-4-21(5-9-24)19-27(36)34-14-12-33(13-15-34)25-10-6-20(7-11-25)17-26(35)18-22-2-1-3-23(16-22)28(30,31)32/h1-11,16H,12-15,17-19H2. The number of piperazine rings is 1. The fourth-order valence-corrected chi connectivity index (χ4v) is 4.30. The van der Waals surface area contributed by atoms with Crippen molar-refractivity contribution in [2.75, 3.05) is 31.1 Å². The number of benzene rings is 3. The van der Waals surface area contributed by atoms with Crippen LogP contribution in [0.15, 0.2) is 72.8 Å². The van der Waals surface area contributed by atoms with Crippen molar-refractivity contribution in [3.63, 3.8) is 0 Å². The number of anilines is 1. The first-order chi connectivity index (χ1) is 17.2. The van der Waals surface area contributed by atoms with Crippen LogP contribution in [0.1, 0.15) is 22.3 Å². The minimum Gasteiger partial charge on any atom is -0.368 e. The molecule has 1 aliphatic heterocycles. The van der Waals surface area contributed by atoms with Gasteiger partial charge in [0.05, 0.1) is 12.0 Å². The van der Waals surface area contributed by atoms with Gasteiger partial charge in [0.2, 0.25) is 5.91 Å². The van der Waals surface area contributed by atoms with Gasteiger partial charge >= 0.3 is 6.18 Å². The molecule has 0 atom stereocenters. The molecule has 4 nitrogen and oxygen atoms in total. The number of amides is 1. The smallest absolute Gasteiger partial charge is 0.368 e. The van der Waals surface area contributed by atoms with Crippen LogP contribution in [0.2, 0.25) is 0 Å². The van der Waals surface area contributed by atoms with Crippen LogP contribution in [-0.2, 0) is 35.0 Å². The minimum atomic E-state index is -4.43. The molecule has 0 saturated carbocycles. The molecule has 188 valence electrons. The predicted molar refractivity (Wildman–Crippen MR) is 129 cm³/mol. The van der Waals surface area contributed by atoms with Gasteiger partial charge in [-0.1, -0.05) is 42.5 Å². The highest BCUT2D eigenvalue weighted by Crippen LogP contribution is 2.29. The lowest BCUT2D eigenvalue weighted by Crippen LogP contribution is -2.49. The summed E-state index contributed by atoms with van der Waals surface area (Å²) in [5.41, 5.74) is 2.15. The number of nitrogens with zero attached hydrogens (tertiary/aromatic N) is 2. The van der Waals surface area contributed by atoms with E-state index in [0.717, 1.165) is 28.9 Å². The summed E-state index contributed by atoms with van der Waals surface area (Å²) in [7, 11) is 0. The molecule has 1 fully saturated rings. The monoisotopic (exact) mass is 498 g/mol. The molecule has 0 N–H and O–H groups in total. The summed E-state index contributed by atoms with van der Waals surface area (Å²) in [6, 6.07) is 18.3. The van der Waals surface area contributed by atoms with E-state index in [1.807, 2.05) is 24.3 Å². The summed E-state index contributed by atoms with van der Waals surface area (Å²) in [5.74, 6) is -0.475. The second kappa shape index (κ2) is 10.9. The van der Waals surface area contributed by atoms with Gasteiger partial charge in [0.25, 0.3) is 0 Å². The van der Waals surface area contributed by atoms with Crippen molar-refractivity contribution in [1.82, 2.24) is 4.90 Å². The molecule has 8 heteroatoms. The largest absolute Gasteiger partial charge is 0.416 e. The maximum absolute atomic E-state index is 13.1. The third-order valence-corrected chi connectivity index (χ3v) is 6.26. The molecule has 1 aliphatic rings. The van der Waals surface area contributed by atoms with Crippen LogP contribution in [0.4, 0.5) is 23.2 Å². The second-order valence-electron chi connectivity index (χ2n) is 8.93. The van der Waals surface area contributed by atoms with E-state index >= 15 is 0 Å². The van der Waals surface area contributed by atoms with E-state index in [1.165, 1.54) is 24.3 Å². The third kappa shape index (κ3) is 6.71. The van der Waals surface area contributed by atoms with Gasteiger partial charge in [-0.25, -0.2) is 4.39 Å². The van der Waals surface area contributed by atoms with Crippen molar-refractivity contribution in [2.45, 2.75) is 25.4 Å². The molecule has 1 saturated heterocycles. The highest BCUT2D eigenvalue weighted by Gasteiger charge is 2.30. The zero-order valence-corrected chi connectivity index (χ0v) is 19.6. The van der Waals surface area contributed by atoms with Gasteiger partial charge in [-0.15, -0.1) is 0 Å². The van der Waals surface area contributed by atoms with Crippen LogP contribution >= 0.6 is 0 Å². The molecule has 1 amide bonds. The van der Waals surface area contributed by atoms with E-state index in [1.54, 1.807) is 17.0 Å². The van der Waals surface area contributed by atoms with Gasteiger partial charge in [0, 0.05) is 44.7 Å². The maximum atomic E-state index is 13.1. The topological polar surface area (TPSA) is 40.6 Å². The van der Waals surface area contributed by atoms with Crippen LogP contribution in [0.25, 0.3) is 0 Å². The second-order valence-corrected chi connectivity index (χ2v) is 8.93. The first-order valence-corrected chi connectivity index (χ1v) is 11.7. The van der Waals surface area contributed by atoms with E-state index in [-0.39, 0.29) is 36.8 Å². The molecular weight excluding hydrogens is 472 g/mol. The summed E-state index contributed by atoms with van der Waals surface area (Å²) >= 11 is 0. The van der Waals surface area contributed by atoms with E-state index in [9.17, 15) is 27.2 Å². The van der Waals surface area contributed by atoms with Gasteiger partial charge in [-0.3, -0.25) is 9.59 Å². The Kier molecular flexibility index (Phi) is 7.72. The van der Waals surface area contributed by atoms with E-state index in [0.29, 0.717) is 31.7 Å². The molecule has 36 heavy (non-hydrogen) atoms. The van der Waals surface area contributed by atoms with Crippen molar-refractivity contribution in [3.8, 4) is 0 Å². The van der Waals surface area contributed by atoms with E-state index in [4.69, 9.17) is 0 Å². The Labute approximate surface area is 207 Å². The van der Waals surface area contributed by atoms with Gasteiger partial charge in [-0.05, 0) is 47.0 Å². The molecule has 0 spiro atoms. The quantitative estimate of drug-likeness (QED) is 0.426.